The van der Waals surface area contributed by atoms with Crippen LogP contribution in [0.15, 0.2) is 42.5 Å². The zero-order chi connectivity index (χ0) is 20.1. The number of hydrogen-bond donors (Lipinski definition) is 1. The quantitative estimate of drug-likeness (QED) is 0.643. The number of nitrogens with zero attached hydrogens (tertiary/aromatic N) is 2. The third-order valence-corrected chi connectivity index (χ3v) is 4.63. The van der Waals surface area contributed by atoms with Gasteiger partial charge in [0.25, 0.3) is 0 Å². The van der Waals surface area contributed by atoms with E-state index in [1.165, 1.54) is 5.56 Å². The van der Waals surface area contributed by atoms with Gasteiger partial charge in [0, 0.05) is 38.1 Å². The molecule has 0 spiro atoms. The lowest BCUT2D eigenvalue weighted by Crippen LogP contribution is -2.18. The summed E-state index contributed by atoms with van der Waals surface area (Å²) in [5, 5.41) is 4.44. The van der Waals surface area contributed by atoms with E-state index in [4.69, 9.17) is 19.2 Å². The van der Waals surface area contributed by atoms with E-state index in [9.17, 15) is 0 Å². The highest BCUT2D eigenvalue weighted by atomic mass is 16.5. The Morgan fingerprint density at radius 3 is 2.14 bits per heavy atom. The molecule has 1 N–H and O–H groups in total. The molecule has 0 unspecified atom stereocenters. The molecule has 0 amide bonds. The first-order valence-corrected chi connectivity index (χ1v) is 9.13. The molecule has 28 heavy (non-hydrogen) atoms. The maximum Gasteiger partial charge on any atom is 0.145 e. The summed E-state index contributed by atoms with van der Waals surface area (Å²) >= 11 is 0. The highest BCUT2D eigenvalue weighted by molar-refractivity contribution is 5.92. The van der Waals surface area contributed by atoms with Gasteiger partial charge in [0.05, 0.1) is 21.3 Å². The van der Waals surface area contributed by atoms with E-state index in [1.807, 2.05) is 43.3 Å². The molecule has 2 aromatic carbocycles. The van der Waals surface area contributed by atoms with Gasteiger partial charge in [-0.25, -0.2) is 4.98 Å². The van der Waals surface area contributed by atoms with Gasteiger partial charge >= 0.3 is 0 Å². The molecule has 3 rings (SSSR count). The summed E-state index contributed by atoms with van der Waals surface area (Å²) in [5.41, 5.74) is 3.09. The fraction of sp³-hybridized carbons (Fsp3) is 0.318. The van der Waals surface area contributed by atoms with Crippen LogP contribution in [-0.4, -0.2) is 40.4 Å². The maximum absolute atomic E-state index is 5.54. The lowest BCUT2D eigenvalue weighted by Gasteiger charge is -2.19. The van der Waals surface area contributed by atoms with Gasteiger partial charge in [0.1, 0.15) is 28.6 Å². The molecule has 6 heteroatoms. The molecule has 0 aliphatic heterocycles. The topological polar surface area (TPSA) is 55.9 Å². The van der Waals surface area contributed by atoms with Crippen LogP contribution < -0.4 is 24.4 Å². The number of rotatable bonds is 8. The van der Waals surface area contributed by atoms with Gasteiger partial charge in [0.15, 0.2) is 0 Å². The van der Waals surface area contributed by atoms with Gasteiger partial charge in [-0.05, 0) is 35.9 Å². The van der Waals surface area contributed by atoms with Crippen molar-refractivity contribution in [3.8, 4) is 17.2 Å². The van der Waals surface area contributed by atoms with Crippen molar-refractivity contribution >= 4 is 16.7 Å². The number of methoxy groups -OCH3 is 3. The van der Waals surface area contributed by atoms with Crippen LogP contribution in [0.4, 0.5) is 5.82 Å². The third-order valence-electron chi connectivity index (χ3n) is 4.63. The van der Waals surface area contributed by atoms with E-state index in [1.54, 1.807) is 21.3 Å². The summed E-state index contributed by atoms with van der Waals surface area (Å²) in [6.45, 7) is 1.44. The van der Waals surface area contributed by atoms with Gasteiger partial charge in [-0.2, -0.15) is 0 Å². The molecule has 0 aliphatic carbocycles. The van der Waals surface area contributed by atoms with Crippen LogP contribution in [0.1, 0.15) is 11.1 Å². The molecule has 1 heterocycles. The minimum absolute atomic E-state index is 0.683. The normalized spacial score (nSPS) is 10.8. The summed E-state index contributed by atoms with van der Waals surface area (Å²) in [4.78, 5) is 6.88. The molecule has 0 bridgehead atoms. The zero-order valence-electron chi connectivity index (χ0n) is 17.1. The number of aromatic nitrogens is 1. The van der Waals surface area contributed by atoms with E-state index in [2.05, 4.69) is 23.5 Å². The second-order valence-corrected chi connectivity index (χ2v) is 6.68. The lowest BCUT2D eigenvalue weighted by molar-refractivity contribution is 0.409. The molecule has 0 fully saturated rings. The third kappa shape index (κ3) is 4.12. The summed E-state index contributed by atoms with van der Waals surface area (Å²) in [6.07, 6.45) is 0. The Morgan fingerprint density at radius 1 is 0.857 bits per heavy atom. The molecule has 3 aromatic rings. The Hall–Kier alpha value is -2.99. The Kier molecular flexibility index (Phi) is 6.21. The van der Waals surface area contributed by atoms with Crippen LogP contribution in [-0.2, 0) is 13.1 Å². The number of nitrogens with one attached hydrogen (secondary N) is 1. The van der Waals surface area contributed by atoms with Gasteiger partial charge in [-0.3, -0.25) is 0 Å². The molecule has 0 radical (unpaired) electrons. The lowest BCUT2D eigenvalue weighted by atomic mass is 10.1. The molecule has 0 aliphatic rings. The van der Waals surface area contributed by atoms with E-state index < -0.39 is 0 Å². The van der Waals surface area contributed by atoms with Crippen LogP contribution in [0.3, 0.4) is 0 Å². The highest BCUT2D eigenvalue weighted by Crippen LogP contribution is 2.35. The highest BCUT2D eigenvalue weighted by Gasteiger charge is 2.15. The van der Waals surface area contributed by atoms with Crippen molar-refractivity contribution in [3.05, 3.63) is 53.6 Å². The number of anilines is 1. The monoisotopic (exact) mass is 381 g/mol. The Morgan fingerprint density at radius 2 is 1.54 bits per heavy atom. The van der Waals surface area contributed by atoms with Crippen LogP contribution in [0.5, 0.6) is 17.2 Å². The Bertz CT molecular complexity index is 940. The van der Waals surface area contributed by atoms with Gasteiger partial charge in [-0.15, -0.1) is 0 Å². The van der Waals surface area contributed by atoms with Crippen LogP contribution >= 0.6 is 0 Å². The summed E-state index contributed by atoms with van der Waals surface area (Å²) in [6, 6.07) is 14.0. The summed E-state index contributed by atoms with van der Waals surface area (Å²) in [5.74, 6) is 3.28. The van der Waals surface area contributed by atoms with Crippen molar-refractivity contribution in [1.82, 2.24) is 10.3 Å². The van der Waals surface area contributed by atoms with Crippen molar-refractivity contribution in [2.75, 3.05) is 40.3 Å². The first kappa shape index (κ1) is 19.8. The molecule has 0 saturated carbocycles. The average molecular weight is 381 g/mol. The van der Waals surface area contributed by atoms with Gasteiger partial charge in [0.2, 0.25) is 0 Å². The number of pyridine rings is 1. The van der Waals surface area contributed by atoms with Gasteiger partial charge in [-0.1, -0.05) is 12.1 Å². The fourth-order valence-corrected chi connectivity index (χ4v) is 3.19. The Labute approximate surface area is 166 Å². The Balaban J connectivity index is 1.88. The molecule has 0 atom stereocenters. The smallest absolute Gasteiger partial charge is 0.145 e. The predicted octanol–water partition coefficient (Wildman–Crippen LogP) is 3.62. The molecule has 1 aromatic heterocycles. The molecular formula is C22H27N3O3. The van der Waals surface area contributed by atoms with Crippen molar-refractivity contribution in [1.29, 1.82) is 0 Å². The SMILES string of the molecule is COc1ccc(CNCc2cc3c(OC)ccc(OC)c3nc2N(C)C)cc1. The number of ether oxygens (including phenoxy) is 3. The second kappa shape index (κ2) is 8.80. The fourth-order valence-electron chi connectivity index (χ4n) is 3.19. The van der Waals surface area contributed by atoms with Crippen molar-refractivity contribution < 1.29 is 14.2 Å². The van der Waals surface area contributed by atoms with E-state index in [0.717, 1.165) is 46.1 Å². The van der Waals surface area contributed by atoms with Crippen LogP contribution in [0.25, 0.3) is 10.9 Å². The standard InChI is InChI=1S/C22H27N3O3/c1-25(2)22-16(14-23-13-15-6-8-17(26-3)9-7-15)12-18-19(27-4)10-11-20(28-5)21(18)24-22/h6-12,23H,13-14H2,1-5H3. The van der Waals surface area contributed by atoms with E-state index in [0.29, 0.717) is 6.54 Å². The van der Waals surface area contributed by atoms with Crippen LogP contribution in [0, 0.1) is 0 Å². The van der Waals surface area contributed by atoms with E-state index in [-0.39, 0.29) is 0 Å². The molecule has 0 saturated heterocycles. The minimum atomic E-state index is 0.683. The maximum atomic E-state index is 5.54. The number of hydrogen-bond acceptors (Lipinski definition) is 6. The zero-order valence-corrected chi connectivity index (χ0v) is 17.1. The summed E-state index contributed by atoms with van der Waals surface area (Å²) < 4.78 is 16.2. The van der Waals surface area contributed by atoms with E-state index >= 15 is 0 Å². The number of benzene rings is 2. The van der Waals surface area contributed by atoms with Gasteiger partial charge < -0.3 is 24.4 Å². The average Bonchev–Trinajstić information content (AvgIpc) is 2.72. The van der Waals surface area contributed by atoms with Crippen molar-refractivity contribution in [2.45, 2.75) is 13.1 Å². The second-order valence-electron chi connectivity index (χ2n) is 6.68. The first-order valence-electron chi connectivity index (χ1n) is 9.13. The van der Waals surface area contributed by atoms with Crippen molar-refractivity contribution in [3.63, 3.8) is 0 Å². The number of fused-ring (bicyclic) bond motifs is 1. The summed E-state index contributed by atoms with van der Waals surface area (Å²) in [7, 11) is 8.99. The van der Waals surface area contributed by atoms with Crippen LogP contribution in [0.2, 0.25) is 0 Å². The molecular weight excluding hydrogens is 354 g/mol. The minimum Gasteiger partial charge on any atom is -0.497 e. The van der Waals surface area contributed by atoms with Crippen molar-refractivity contribution in [2.24, 2.45) is 0 Å². The predicted molar refractivity (Wildman–Crippen MR) is 113 cm³/mol. The molecule has 148 valence electrons. The first-order chi connectivity index (χ1) is 13.6. The largest absolute Gasteiger partial charge is 0.497 e. The molecule has 6 nitrogen and oxygen atoms in total.